The second kappa shape index (κ2) is 6.51. The number of halogens is 1. The van der Waals surface area contributed by atoms with E-state index in [9.17, 15) is 9.90 Å². The molecule has 1 aromatic rings. The number of carbonyl (C=O) groups excluding carboxylic acids is 1. The van der Waals surface area contributed by atoms with Crippen LogP contribution in [0.1, 0.15) is 16.8 Å². The third-order valence-corrected chi connectivity index (χ3v) is 4.00. The van der Waals surface area contributed by atoms with Gasteiger partial charge in [0, 0.05) is 42.3 Å². The van der Waals surface area contributed by atoms with Crippen LogP contribution in [0.15, 0.2) is 16.7 Å². The van der Waals surface area contributed by atoms with Crippen molar-refractivity contribution < 1.29 is 14.6 Å². The van der Waals surface area contributed by atoms with Gasteiger partial charge in [-0.3, -0.25) is 0 Å². The summed E-state index contributed by atoms with van der Waals surface area (Å²) < 4.78 is 5.51. The molecule has 0 aromatic carbocycles. The third kappa shape index (κ3) is 3.11. The second-order valence-corrected chi connectivity index (χ2v) is 5.77. The lowest BCUT2D eigenvalue weighted by Crippen LogP contribution is -2.49. The molecule has 3 N–H and O–H groups in total. The fourth-order valence-electron chi connectivity index (χ4n) is 2.38. The SMILES string of the molecule is COC(=O)c1cc(Br)cnc1N1CCC(N)C(CO)C1. The molecule has 2 heterocycles. The van der Waals surface area contributed by atoms with Gasteiger partial charge < -0.3 is 20.5 Å². The highest BCUT2D eigenvalue weighted by Gasteiger charge is 2.29. The number of pyridine rings is 1. The van der Waals surface area contributed by atoms with Crippen molar-refractivity contribution in [1.29, 1.82) is 0 Å². The molecule has 20 heavy (non-hydrogen) atoms. The Balaban J connectivity index is 2.30. The van der Waals surface area contributed by atoms with Crippen LogP contribution < -0.4 is 10.6 Å². The molecule has 110 valence electrons. The highest BCUT2D eigenvalue weighted by molar-refractivity contribution is 9.10. The molecule has 6 nitrogen and oxygen atoms in total. The van der Waals surface area contributed by atoms with E-state index in [-0.39, 0.29) is 18.6 Å². The number of nitrogens with two attached hydrogens (primary N) is 1. The maximum atomic E-state index is 11.9. The first-order valence-electron chi connectivity index (χ1n) is 6.42. The summed E-state index contributed by atoms with van der Waals surface area (Å²) in [7, 11) is 1.34. The molecule has 2 atom stereocenters. The average Bonchev–Trinajstić information content (AvgIpc) is 2.47. The number of aliphatic hydroxyl groups excluding tert-OH is 1. The molecule has 0 bridgehead atoms. The summed E-state index contributed by atoms with van der Waals surface area (Å²) in [6.07, 6.45) is 2.40. The summed E-state index contributed by atoms with van der Waals surface area (Å²) >= 11 is 3.30. The fraction of sp³-hybridized carbons (Fsp3) is 0.538. The summed E-state index contributed by atoms with van der Waals surface area (Å²) in [6, 6.07) is 1.67. The maximum Gasteiger partial charge on any atom is 0.341 e. The van der Waals surface area contributed by atoms with Crippen molar-refractivity contribution in [1.82, 2.24) is 4.98 Å². The van der Waals surface area contributed by atoms with Crippen LogP contribution in [0.5, 0.6) is 0 Å². The molecule has 2 rings (SSSR count). The number of hydrogen-bond acceptors (Lipinski definition) is 6. The van der Waals surface area contributed by atoms with Gasteiger partial charge in [-0.05, 0) is 28.4 Å². The van der Waals surface area contributed by atoms with Crippen molar-refractivity contribution in [3.63, 3.8) is 0 Å². The van der Waals surface area contributed by atoms with Crippen LogP contribution in [0.3, 0.4) is 0 Å². The van der Waals surface area contributed by atoms with Gasteiger partial charge in [0.2, 0.25) is 0 Å². The molecule has 7 heteroatoms. The zero-order valence-corrected chi connectivity index (χ0v) is 12.8. The number of rotatable bonds is 3. The van der Waals surface area contributed by atoms with E-state index in [0.29, 0.717) is 28.9 Å². The quantitative estimate of drug-likeness (QED) is 0.788. The topological polar surface area (TPSA) is 88.7 Å². The first-order valence-corrected chi connectivity index (χ1v) is 7.21. The molecule has 0 amide bonds. The summed E-state index contributed by atoms with van der Waals surface area (Å²) in [5.41, 5.74) is 6.38. The first-order chi connectivity index (χ1) is 9.56. The lowest BCUT2D eigenvalue weighted by atomic mass is 9.93. The Morgan fingerprint density at radius 2 is 2.45 bits per heavy atom. The van der Waals surface area contributed by atoms with Gasteiger partial charge in [-0.15, -0.1) is 0 Å². The Morgan fingerprint density at radius 3 is 3.10 bits per heavy atom. The van der Waals surface area contributed by atoms with Crippen LogP contribution >= 0.6 is 15.9 Å². The van der Waals surface area contributed by atoms with Crippen molar-refractivity contribution in [2.24, 2.45) is 11.7 Å². The Labute approximate surface area is 126 Å². The molecule has 0 spiro atoms. The monoisotopic (exact) mass is 343 g/mol. The van der Waals surface area contributed by atoms with Gasteiger partial charge in [-0.1, -0.05) is 0 Å². The highest BCUT2D eigenvalue weighted by atomic mass is 79.9. The second-order valence-electron chi connectivity index (χ2n) is 4.86. The molecule has 1 aliphatic rings. The standard InChI is InChI=1S/C13H18BrN3O3/c1-20-13(19)10-4-9(14)5-16-12(10)17-3-2-11(15)8(6-17)7-18/h4-5,8,11,18H,2-3,6-7,15H2,1H3. The third-order valence-electron chi connectivity index (χ3n) is 3.57. The van der Waals surface area contributed by atoms with Gasteiger partial charge in [0.25, 0.3) is 0 Å². The van der Waals surface area contributed by atoms with Crippen molar-refractivity contribution in [2.45, 2.75) is 12.5 Å². The smallest absolute Gasteiger partial charge is 0.341 e. The zero-order valence-electron chi connectivity index (χ0n) is 11.3. The lowest BCUT2D eigenvalue weighted by molar-refractivity contribution is 0.0600. The molecule has 0 aliphatic carbocycles. The van der Waals surface area contributed by atoms with Crippen molar-refractivity contribution in [2.75, 3.05) is 31.7 Å². The molecule has 1 fully saturated rings. The minimum absolute atomic E-state index is 0.0142. The van der Waals surface area contributed by atoms with Gasteiger partial charge >= 0.3 is 5.97 Å². The van der Waals surface area contributed by atoms with Gasteiger partial charge in [-0.25, -0.2) is 9.78 Å². The van der Waals surface area contributed by atoms with Crippen LogP contribution in [0.25, 0.3) is 0 Å². The first kappa shape index (κ1) is 15.2. The number of methoxy groups -OCH3 is 1. The molecule has 1 aliphatic heterocycles. The molecule has 1 aromatic heterocycles. The minimum Gasteiger partial charge on any atom is -0.465 e. The maximum absolute atomic E-state index is 11.9. The number of aromatic nitrogens is 1. The Morgan fingerprint density at radius 1 is 1.70 bits per heavy atom. The predicted octanol–water partition coefficient (Wildman–Crippen LogP) is 0.777. The van der Waals surface area contributed by atoms with Crippen molar-refractivity contribution in [3.8, 4) is 0 Å². The van der Waals surface area contributed by atoms with E-state index in [2.05, 4.69) is 20.9 Å². The number of piperidine rings is 1. The number of ether oxygens (including phenoxy) is 1. The van der Waals surface area contributed by atoms with Crippen LogP contribution in [0.4, 0.5) is 5.82 Å². The Kier molecular flexibility index (Phi) is 4.95. The van der Waals surface area contributed by atoms with Crippen molar-refractivity contribution in [3.05, 3.63) is 22.3 Å². The highest BCUT2D eigenvalue weighted by Crippen LogP contribution is 2.26. The molecule has 0 saturated carbocycles. The number of esters is 1. The van der Waals surface area contributed by atoms with Crippen LogP contribution in [-0.2, 0) is 4.74 Å². The summed E-state index contributed by atoms with van der Waals surface area (Å²) in [5, 5.41) is 9.37. The number of nitrogens with zero attached hydrogens (tertiary/aromatic N) is 2. The summed E-state index contributed by atoms with van der Waals surface area (Å²) in [4.78, 5) is 18.2. The van der Waals surface area contributed by atoms with Gasteiger partial charge in [0.05, 0.1) is 7.11 Å². The number of hydrogen-bond donors (Lipinski definition) is 2. The molecule has 2 unspecified atom stereocenters. The molecular formula is C13H18BrN3O3. The lowest BCUT2D eigenvalue weighted by Gasteiger charge is -2.37. The minimum atomic E-state index is -0.427. The molecule has 1 saturated heterocycles. The van der Waals surface area contributed by atoms with E-state index >= 15 is 0 Å². The van der Waals surface area contributed by atoms with E-state index < -0.39 is 5.97 Å². The van der Waals surface area contributed by atoms with E-state index in [4.69, 9.17) is 10.5 Å². The summed E-state index contributed by atoms with van der Waals surface area (Å²) in [6.45, 7) is 1.31. The summed E-state index contributed by atoms with van der Waals surface area (Å²) in [5.74, 6) is 0.134. The largest absolute Gasteiger partial charge is 0.465 e. The Hall–Kier alpha value is -1.18. The van der Waals surface area contributed by atoms with E-state index in [1.54, 1.807) is 12.3 Å². The van der Waals surface area contributed by atoms with Crippen LogP contribution in [-0.4, -0.2) is 48.9 Å². The van der Waals surface area contributed by atoms with E-state index in [1.807, 2.05) is 4.90 Å². The molecular weight excluding hydrogens is 326 g/mol. The van der Waals surface area contributed by atoms with E-state index in [0.717, 1.165) is 6.42 Å². The predicted molar refractivity (Wildman–Crippen MR) is 78.7 cm³/mol. The van der Waals surface area contributed by atoms with Gasteiger partial charge in [-0.2, -0.15) is 0 Å². The number of carbonyl (C=O) groups is 1. The number of anilines is 1. The van der Waals surface area contributed by atoms with Gasteiger partial charge in [0.15, 0.2) is 0 Å². The zero-order chi connectivity index (χ0) is 14.7. The molecule has 0 radical (unpaired) electrons. The van der Waals surface area contributed by atoms with Crippen LogP contribution in [0.2, 0.25) is 0 Å². The van der Waals surface area contributed by atoms with Crippen molar-refractivity contribution >= 4 is 27.7 Å². The number of aliphatic hydroxyl groups is 1. The van der Waals surface area contributed by atoms with Crippen LogP contribution in [0, 0.1) is 5.92 Å². The van der Waals surface area contributed by atoms with Gasteiger partial charge in [0.1, 0.15) is 11.4 Å². The average molecular weight is 344 g/mol. The normalized spacial score (nSPS) is 22.7. The fourth-order valence-corrected chi connectivity index (χ4v) is 2.71. The Bertz CT molecular complexity index is 498. The van der Waals surface area contributed by atoms with E-state index in [1.165, 1.54) is 7.11 Å².